The molecule has 0 saturated heterocycles. The highest BCUT2D eigenvalue weighted by Gasteiger charge is 2.18. The van der Waals surface area contributed by atoms with Crippen LogP contribution in [-0.2, 0) is 0 Å². The van der Waals surface area contributed by atoms with E-state index in [1.165, 1.54) is 0 Å². The predicted octanol–water partition coefficient (Wildman–Crippen LogP) is 11.3. The Balaban J connectivity index is 1.71. The van der Waals surface area contributed by atoms with E-state index in [-0.39, 0.29) is 32.7 Å². The molecule has 8 aromatic carbocycles. The summed E-state index contributed by atoms with van der Waals surface area (Å²) in [6, 6.07) is 10.6. The molecule has 8 rings (SSSR count). The van der Waals surface area contributed by atoms with Crippen molar-refractivity contribution in [3.63, 3.8) is 0 Å². The van der Waals surface area contributed by atoms with Crippen molar-refractivity contribution in [2.45, 2.75) is 0 Å². The predicted molar refractivity (Wildman–Crippen MR) is 173 cm³/mol. The van der Waals surface area contributed by atoms with Crippen molar-refractivity contribution >= 4 is 43.1 Å². The fourth-order valence-corrected chi connectivity index (χ4v) is 5.46. The van der Waals surface area contributed by atoms with E-state index in [0.29, 0.717) is 5.56 Å². The van der Waals surface area contributed by atoms with Gasteiger partial charge in [0.2, 0.25) is 0 Å². The fourth-order valence-electron chi connectivity index (χ4n) is 5.46. The van der Waals surface area contributed by atoms with Crippen LogP contribution in [0.2, 0.25) is 0 Å². The Kier molecular flexibility index (Phi) is 2.84. The summed E-state index contributed by atoms with van der Waals surface area (Å²) in [7, 11) is 0. The molecule has 0 aromatic heterocycles. The molecule has 0 spiro atoms. The molecule has 0 atom stereocenters. The third kappa shape index (κ3) is 3.54. The second-order valence-electron chi connectivity index (χ2n) is 9.36. The smallest absolute Gasteiger partial charge is 0.0622 e. The first-order valence-corrected chi connectivity index (χ1v) is 12.6. The van der Waals surface area contributed by atoms with Crippen molar-refractivity contribution in [3.8, 4) is 33.4 Å². The Bertz CT molecular complexity index is 2940. The molecular formula is C40H26. The number of benzene rings is 8. The largest absolute Gasteiger partial charge is 0.0629 e. The summed E-state index contributed by atoms with van der Waals surface area (Å²) < 4.78 is 134. The molecule has 0 aliphatic carbocycles. The maximum absolute atomic E-state index is 9.32. The van der Waals surface area contributed by atoms with Gasteiger partial charge in [-0.25, -0.2) is 0 Å². The van der Waals surface area contributed by atoms with Gasteiger partial charge in [-0.2, -0.15) is 0 Å². The SMILES string of the molecule is [2H]c1c([2H])c([2H])c2c(-c3c4c([2H])c([2H])c([2H])c([2H])c4c(-c4ccc5cccc(-c6ccccc6)c5c4)c4c([2H])c([2H])c([2H])c([2H])c34)c([2H])c([2H])c([2H])c2c1[2H]. The van der Waals surface area contributed by atoms with E-state index in [1.807, 2.05) is 54.6 Å². The minimum absolute atomic E-state index is 0.0541. The average Bonchev–Trinajstić information content (AvgIpc) is 3.19. The van der Waals surface area contributed by atoms with E-state index >= 15 is 0 Å². The van der Waals surface area contributed by atoms with Crippen LogP contribution in [0.1, 0.15) is 20.6 Å². The first-order chi connectivity index (χ1) is 26.1. The van der Waals surface area contributed by atoms with Gasteiger partial charge in [-0.05, 0) is 82.5 Å². The molecule has 0 radical (unpaired) electrons. The van der Waals surface area contributed by atoms with E-state index in [2.05, 4.69) is 0 Å². The monoisotopic (exact) mass is 521 g/mol. The van der Waals surface area contributed by atoms with Crippen LogP contribution in [0.4, 0.5) is 0 Å². The number of hydrogen-bond donors (Lipinski definition) is 0. The molecule has 0 amide bonds. The van der Waals surface area contributed by atoms with Gasteiger partial charge in [0.15, 0.2) is 0 Å². The third-order valence-electron chi connectivity index (χ3n) is 7.19. The second kappa shape index (κ2) is 9.22. The number of rotatable bonds is 3. The van der Waals surface area contributed by atoms with Gasteiger partial charge in [-0.15, -0.1) is 0 Å². The van der Waals surface area contributed by atoms with Crippen LogP contribution in [0, 0.1) is 0 Å². The van der Waals surface area contributed by atoms with Crippen LogP contribution in [0.5, 0.6) is 0 Å². The van der Waals surface area contributed by atoms with Crippen LogP contribution < -0.4 is 0 Å². The molecule has 8 aromatic rings. The minimum Gasteiger partial charge on any atom is -0.0622 e. The highest BCUT2D eigenvalue weighted by atomic mass is 14.2. The van der Waals surface area contributed by atoms with Crippen molar-refractivity contribution in [1.82, 2.24) is 0 Å². The highest BCUT2D eigenvalue weighted by Crippen LogP contribution is 2.46. The Morgan fingerprint density at radius 1 is 0.350 bits per heavy atom. The molecular weight excluding hydrogens is 480 g/mol. The summed E-state index contributed by atoms with van der Waals surface area (Å²) in [5, 5.41) is -0.128. The molecule has 0 aliphatic heterocycles. The highest BCUT2D eigenvalue weighted by molar-refractivity contribution is 6.23. The van der Waals surface area contributed by atoms with Crippen molar-refractivity contribution in [1.29, 1.82) is 0 Å². The Labute approximate surface area is 254 Å². The summed E-state index contributed by atoms with van der Waals surface area (Å²) in [5.41, 5.74) is 1.37. The van der Waals surface area contributed by atoms with E-state index < -0.39 is 107 Å². The van der Waals surface area contributed by atoms with Gasteiger partial charge in [0.1, 0.15) is 0 Å². The van der Waals surface area contributed by atoms with Crippen LogP contribution in [0.15, 0.2) is 157 Å². The van der Waals surface area contributed by atoms with Crippen LogP contribution in [0.3, 0.4) is 0 Å². The van der Waals surface area contributed by atoms with E-state index in [4.69, 9.17) is 13.7 Å². The van der Waals surface area contributed by atoms with Crippen molar-refractivity contribution < 1.29 is 20.6 Å². The zero-order valence-corrected chi connectivity index (χ0v) is 20.9. The lowest BCUT2D eigenvalue weighted by molar-refractivity contribution is 1.64. The molecule has 0 bridgehead atoms. The first-order valence-electron chi connectivity index (χ1n) is 20.1. The summed E-state index contributed by atoms with van der Waals surface area (Å²) >= 11 is 0. The lowest BCUT2D eigenvalue weighted by Gasteiger charge is -2.19. The molecule has 0 aliphatic rings. The molecule has 40 heavy (non-hydrogen) atoms. The van der Waals surface area contributed by atoms with E-state index in [0.717, 1.165) is 21.9 Å². The molecule has 0 N–H and O–H groups in total. The lowest BCUT2D eigenvalue weighted by atomic mass is 9.84. The van der Waals surface area contributed by atoms with Gasteiger partial charge in [0.05, 0.1) is 20.6 Å². The summed E-state index contributed by atoms with van der Waals surface area (Å²) in [4.78, 5) is 0. The normalized spacial score (nSPS) is 16.8. The summed E-state index contributed by atoms with van der Waals surface area (Å²) in [6.45, 7) is 0. The Morgan fingerprint density at radius 2 is 0.975 bits per heavy atom. The van der Waals surface area contributed by atoms with Gasteiger partial charge in [-0.1, -0.05) is 151 Å². The number of hydrogen-bond acceptors (Lipinski definition) is 0. The van der Waals surface area contributed by atoms with Crippen molar-refractivity contribution in [2.24, 2.45) is 0 Å². The topological polar surface area (TPSA) is 0 Å². The van der Waals surface area contributed by atoms with Gasteiger partial charge in [0, 0.05) is 0 Å². The fraction of sp³-hybridized carbons (Fsp3) is 0. The summed E-state index contributed by atoms with van der Waals surface area (Å²) in [5.74, 6) is 0. The molecule has 0 unspecified atom stereocenters. The van der Waals surface area contributed by atoms with Crippen LogP contribution >= 0.6 is 0 Å². The first kappa shape index (κ1) is 12.3. The third-order valence-corrected chi connectivity index (χ3v) is 7.19. The van der Waals surface area contributed by atoms with Gasteiger partial charge < -0.3 is 0 Å². The molecule has 0 nitrogen and oxygen atoms in total. The van der Waals surface area contributed by atoms with Crippen LogP contribution in [-0.4, -0.2) is 0 Å². The Hall–Kier alpha value is -5.20. The molecule has 186 valence electrons. The van der Waals surface area contributed by atoms with Gasteiger partial charge >= 0.3 is 0 Å². The molecule has 0 fully saturated rings. The molecule has 0 heterocycles. The quantitative estimate of drug-likeness (QED) is 0.203. The van der Waals surface area contributed by atoms with Crippen LogP contribution in [0.25, 0.3) is 76.5 Å². The van der Waals surface area contributed by atoms with E-state index in [9.17, 15) is 6.85 Å². The maximum atomic E-state index is 9.32. The Morgan fingerprint density at radius 3 is 1.70 bits per heavy atom. The zero-order chi connectivity index (χ0) is 39.5. The van der Waals surface area contributed by atoms with Gasteiger partial charge in [-0.3, -0.25) is 0 Å². The minimum atomic E-state index is -0.748. The standard InChI is InChI=1S/C40H26/c1-2-12-27(13-3-1)32-22-10-16-29-24-25-30(26-38(29)32)39-34-18-6-8-20-36(34)40(37-21-9-7-19-35(37)39)33-23-11-15-28-14-4-5-17-31(28)33/h1-26H/i4D,5D,6D,7D,8D,9D,11D,14D,15D,17D,18D,19D,20D,21D,23D. The average molecular weight is 522 g/mol. The van der Waals surface area contributed by atoms with Crippen molar-refractivity contribution in [2.75, 3.05) is 0 Å². The van der Waals surface area contributed by atoms with E-state index in [1.54, 1.807) is 12.1 Å². The second-order valence-corrected chi connectivity index (χ2v) is 9.36. The lowest BCUT2D eigenvalue weighted by Crippen LogP contribution is -1.92. The van der Waals surface area contributed by atoms with Gasteiger partial charge in [0.25, 0.3) is 0 Å². The van der Waals surface area contributed by atoms with Crippen molar-refractivity contribution in [3.05, 3.63) is 157 Å². The zero-order valence-electron chi connectivity index (χ0n) is 35.9. The molecule has 0 heteroatoms. The number of fused-ring (bicyclic) bond motifs is 4. The summed E-state index contributed by atoms with van der Waals surface area (Å²) in [6.07, 6.45) is 0. The molecule has 0 saturated carbocycles. The maximum Gasteiger partial charge on any atom is 0.0629 e.